The van der Waals surface area contributed by atoms with E-state index in [4.69, 9.17) is 9.47 Å². The molecule has 0 aromatic heterocycles. The van der Waals surface area contributed by atoms with Crippen LogP contribution in [-0.2, 0) is 30.4 Å². The van der Waals surface area contributed by atoms with Crippen molar-refractivity contribution < 1.29 is 23.9 Å². The first kappa shape index (κ1) is 28.4. The van der Waals surface area contributed by atoms with Gasteiger partial charge in [-0.05, 0) is 60.2 Å². The number of nitrogens with one attached hydrogen (secondary N) is 1. The number of thioether (sulfide) groups is 1. The molecule has 5 rings (SSSR count). The molecule has 3 aromatic carbocycles. The van der Waals surface area contributed by atoms with Gasteiger partial charge in [0, 0.05) is 16.1 Å². The summed E-state index contributed by atoms with van der Waals surface area (Å²) in [6, 6.07) is 24.9. The topological polar surface area (TPSA) is 97.3 Å². The lowest BCUT2D eigenvalue weighted by Gasteiger charge is -2.25. The fourth-order valence-electron chi connectivity index (χ4n) is 5.26. The summed E-state index contributed by atoms with van der Waals surface area (Å²) in [5.41, 5.74) is 3.39. The average Bonchev–Trinajstić information content (AvgIpc) is 3.53. The summed E-state index contributed by atoms with van der Waals surface area (Å²) < 4.78 is 10.3. The van der Waals surface area contributed by atoms with Gasteiger partial charge in [-0.25, -0.2) is 5.01 Å². The van der Waals surface area contributed by atoms with Crippen LogP contribution >= 0.6 is 11.8 Å². The van der Waals surface area contributed by atoms with Crippen LogP contribution in [0.4, 0.5) is 5.69 Å². The zero-order chi connectivity index (χ0) is 28.6. The van der Waals surface area contributed by atoms with E-state index in [0.29, 0.717) is 18.1 Å². The molecule has 0 saturated heterocycles. The molecule has 0 bridgehead atoms. The van der Waals surface area contributed by atoms with E-state index < -0.39 is 0 Å². The maximum atomic E-state index is 13.7. The lowest BCUT2D eigenvalue weighted by atomic mass is 9.83. The fraction of sp³-hybridized carbons (Fsp3) is 0.312. The zero-order valence-corrected chi connectivity index (χ0v) is 23.8. The van der Waals surface area contributed by atoms with Gasteiger partial charge in [0.1, 0.15) is 0 Å². The molecule has 1 aliphatic heterocycles. The number of benzene rings is 3. The molecule has 1 heterocycles. The Balaban J connectivity index is 1.29. The van der Waals surface area contributed by atoms with Crippen molar-refractivity contribution in [3.8, 4) is 0 Å². The molecular formula is C32H33N3O5S. The third-order valence-corrected chi connectivity index (χ3v) is 8.33. The Hall–Kier alpha value is -4.11. The Kier molecular flexibility index (Phi) is 9.36. The second-order valence-corrected chi connectivity index (χ2v) is 11.2. The molecule has 212 valence electrons. The monoisotopic (exact) mass is 571 g/mol. The predicted octanol–water partition coefficient (Wildman–Crippen LogP) is 5.58. The highest BCUT2D eigenvalue weighted by atomic mass is 32.2. The maximum Gasteiger partial charge on any atom is 0.315 e. The number of esters is 1. The highest BCUT2D eigenvalue weighted by molar-refractivity contribution is 8.00. The van der Waals surface area contributed by atoms with Gasteiger partial charge in [0.2, 0.25) is 11.8 Å². The van der Waals surface area contributed by atoms with Gasteiger partial charge in [0.05, 0.1) is 25.3 Å². The van der Waals surface area contributed by atoms with Gasteiger partial charge in [-0.2, -0.15) is 0 Å². The average molecular weight is 572 g/mol. The molecule has 0 radical (unpaired) electrons. The van der Waals surface area contributed by atoms with Gasteiger partial charge in [0.15, 0.2) is 6.61 Å². The molecular weight excluding hydrogens is 538 g/mol. The molecule has 0 spiro atoms. The fourth-order valence-corrected chi connectivity index (χ4v) is 6.05. The third-order valence-electron chi connectivity index (χ3n) is 7.36. The van der Waals surface area contributed by atoms with Crippen molar-refractivity contribution in [2.75, 3.05) is 24.8 Å². The van der Waals surface area contributed by atoms with E-state index in [1.54, 1.807) is 0 Å². The van der Waals surface area contributed by atoms with Crippen molar-refractivity contribution >= 4 is 41.1 Å². The van der Waals surface area contributed by atoms with Crippen LogP contribution in [0, 0.1) is 5.92 Å². The predicted molar refractivity (Wildman–Crippen MR) is 158 cm³/mol. The Morgan fingerprint density at radius 2 is 1.80 bits per heavy atom. The van der Waals surface area contributed by atoms with Gasteiger partial charge < -0.3 is 14.8 Å². The number of amides is 2. The SMILES string of the molecule is COC(=O)CSc1cccc(NC(=O)C(c2ccc(CN3N=C(c4ccccc4)OCC3=O)cc2)C2CCCC2)c1. The van der Waals surface area contributed by atoms with E-state index >= 15 is 0 Å². The molecule has 3 aromatic rings. The molecule has 1 unspecified atom stereocenters. The molecule has 1 aliphatic carbocycles. The van der Waals surface area contributed by atoms with Gasteiger partial charge in [-0.15, -0.1) is 16.9 Å². The second kappa shape index (κ2) is 13.5. The van der Waals surface area contributed by atoms with Crippen molar-refractivity contribution in [1.29, 1.82) is 0 Å². The Morgan fingerprint density at radius 1 is 1.05 bits per heavy atom. The number of carbonyl (C=O) groups is 3. The van der Waals surface area contributed by atoms with Gasteiger partial charge in [-0.1, -0.05) is 61.4 Å². The molecule has 2 aliphatic rings. The van der Waals surface area contributed by atoms with E-state index in [1.165, 1.54) is 23.9 Å². The van der Waals surface area contributed by atoms with Crippen LogP contribution in [0.25, 0.3) is 0 Å². The largest absolute Gasteiger partial charge is 0.468 e. The van der Waals surface area contributed by atoms with Crippen LogP contribution in [0.2, 0.25) is 0 Å². The number of hydrogen-bond donors (Lipinski definition) is 1. The highest BCUT2D eigenvalue weighted by Gasteiger charge is 2.32. The number of nitrogens with zero attached hydrogens (tertiary/aromatic N) is 2. The summed E-state index contributed by atoms with van der Waals surface area (Å²) >= 11 is 1.37. The highest BCUT2D eigenvalue weighted by Crippen LogP contribution is 2.38. The number of carbonyl (C=O) groups excluding carboxylic acids is 3. The van der Waals surface area contributed by atoms with Crippen LogP contribution in [0.15, 0.2) is 88.9 Å². The van der Waals surface area contributed by atoms with Gasteiger partial charge in [0.25, 0.3) is 5.91 Å². The summed E-state index contributed by atoms with van der Waals surface area (Å²) in [5.74, 6) is 0.0643. The Bertz CT molecular complexity index is 1400. The minimum absolute atomic E-state index is 0.0415. The van der Waals surface area contributed by atoms with Crippen molar-refractivity contribution in [3.05, 3.63) is 95.6 Å². The molecule has 8 nitrogen and oxygen atoms in total. The number of anilines is 1. The molecule has 41 heavy (non-hydrogen) atoms. The van der Waals surface area contributed by atoms with Gasteiger partial charge >= 0.3 is 5.97 Å². The van der Waals surface area contributed by atoms with E-state index in [1.807, 2.05) is 78.9 Å². The number of methoxy groups -OCH3 is 1. The van der Waals surface area contributed by atoms with E-state index in [-0.39, 0.29) is 42.0 Å². The van der Waals surface area contributed by atoms with Crippen LogP contribution < -0.4 is 5.32 Å². The summed E-state index contributed by atoms with van der Waals surface area (Å²) in [4.78, 5) is 38.6. The first-order valence-electron chi connectivity index (χ1n) is 13.8. The molecule has 1 atom stereocenters. The Labute approximate surface area is 244 Å². The van der Waals surface area contributed by atoms with Crippen LogP contribution in [0.3, 0.4) is 0 Å². The zero-order valence-electron chi connectivity index (χ0n) is 23.0. The molecule has 2 amide bonds. The van der Waals surface area contributed by atoms with Crippen LogP contribution in [0.5, 0.6) is 0 Å². The van der Waals surface area contributed by atoms with Crippen molar-refractivity contribution in [1.82, 2.24) is 5.01 Å². The minimum atomic E-state index is -0.296. The second-order valence-electron chi connectivity index (χ2n) is 10.2. The normalized spacial score (nSPS) is 16.1. The van der Waals surface area contributed by atoms with Crippen molar-refractivity contribution in [2.45, 2.75) is 43.0 Å². The smallest absolute Gasteiger partial charge is 0.315 e. The number of ether oxygens (including phenoxy) is 2. The molecule has 1 saturated carbocycles. The molecule has 1 N–H and O–H groups in total. The summed E-state index contributed by atoms with van der Waals surface area (Å²) in [5, 5.41) is 9.00. The lowest BCUT2D eigenvalue weighted by Crippen LogP contribution is -2.36. The quantitative estimate of drug-likeness (QED) is 0.252. The summed E-state index contributed by atoms with van der Waals surface area (Å²) in [7, 11) is 1.37. The first-order valence-corrected chi connectivity index (χ1v) is 14.8. The summed E-state index contributed by atoms with van der Waals surface area (Å²) in [6.07, 6.45) is 4.25. The first-order chi connectivity index (χ1) is 20.0. The molecule has 9 heteroatoms. The van der Waals surface area contributed by atoms with Crippen LogP contribution in [-0.4, -0.2) is 48.2 Å². The minimum Gasteiger partial charge on any atom is -0.468 e. The standard InChI is InChI=1S/C32H33N3O5S/c1-39-29(37)21-41-27-13-7-12-26(18-27)33-31(38)30(23-8-5-6-9-23)24-16-14-22(15-17-24)19-35-28(36)20-40-32(34-35)25-10-3-2-4-11-25/h2-4,7,10-18,23,30H,5-6,8-9,19-21H2,1H3,(H,33,38). The maximum absolute atomic E-state index is 13.7. The van der Waals surface area contributed by atoms with E-state index in [9.17, 15) is 14.4 Å². The van der Waals surface area contributed by atoms with E-state index in [0.717, 1.165) is 47.3 Å². The van der Waals surface area contributed by atoms with Crippen molar-refractivity contribution in [3.63, 3.8) is 0 Å². The summed E-state index contributed by atoms with van der Waals surface area (Å²) in [6.45, 7) is 0.257. The number of hydrazone groups is 1. The van der Waals surface area contributed by atoms with Crippen molar-refractivity contribution in [2.24, 2.45) is 11.0 Å². The number of hydrogen-bond acceptors (Lipinski definition) is 7. The van der Waals surface area contributed by atoms with Crippen LogP contribution in [0.1, 0.15) is 48.3 Å². The lowest BCUT2D eigenvalue weighted by molar-refractivity contribution is -0.137. The Morgan fingerprint density at radius 3 is 2.54 bits per heavy atom. The molecule has 1 fully saturated rings. The van der Waals surface area contributed by atoms with E-state index in [2.05, 4.69) is 10.4 Å². The third kappa shape index (κ3) is 7.35. The number of rotatable bonds is 10. The van der Waals surface area contributed by atoms with Gasteiger partial charge in [-0.3, -0.25) is 14.4 Å².